The number of thiazole rings is 1. The van der Waals surface area contributed by atoms with Crippen LogP contribution in [0.15, 0.2) is 35.7 Å². The fourth-order valence-electron chi connectivity index (χ4n) is 2.54. The number of hydrogen-bond donors (Lipinski definition) is 1. The van der Waals surface area contributed by atoms with E-state index in [2.05, 4.69) is 10.3 Å². The van der Waals surface area contributed by atoms with Gasteiger partial charge in [0.15, 0.2) is 0 Å². The summed E-state index contributed by atoms with van der Waals surface area (Å²) in [4.78, 5) is 18.7. The molecule has 122 valence electrons. The average Bonchev–Trinajstić information content (AvgIpc) is 3.05. The molecule has 0 unspecified atom stereocenters. The van der Waals surface area contributed by atoms with E-state index in [0.29, 0.717) is 19.6 Å². The van der Waals surface area contributed by atoms with Crippen molar-refractivity contribution >= 4 is 17.2 Å². The molecule has 1 fully saturated rings. The predicted octanol–water partition coefficient (Wildman–Crippen LogP) is 2.15. The van der Waals surface area contributed by atoms with Crippen LogP contribution in [-0.2, 0) is 16.1 Å². The lowest BCUT2D eigenvalue weighted by molar-refractivity contribution is -0.131. The van der Waals surface area contributed by atoms with Gasteiger partial charge in [0.1, 0.15) is 5.01 Å². The second-order valence-corrected chi connectivity index (χ2v) is 6.55. The third kappa shape index (κ3) is 4.37. The van der Waals surface area contributed by atoms with Crippen LogP contribution in [0.25, 0.3) is 10.6 Å². The first-order valence-electron chi connectivity index (χ1n) is 7.77. The number of nitrogens with zero attached hydrogens (tertiary/aromatic N) is 2. The molecule has 5 nitrogen and oxygen atoms in total. The van der Waals surface area contributed by atoms with Crippen molar-refractivity contribution < 1.29 is 9.53 Å². The van der Waals surface area contributed by atoms with Gasteiger partial charge in [0, 0.05) is 37.0 Å². The monoisotopic (exact) mass is 331 g/mol. The summed E-state index contributed by atoms with van der Waals surface area (Å²) in [6.45, 7) is 2.68. The molecule has 0 bridgehead atoms. The molecule has 2 heterocycles. The molecule has 3 rings (SSSR count). The highest BCUT2D eigenvalue weighted by atomic mass is 32.1. The Balaban J connectivity index is 1.56. The minimum absolute atomic E-state index is 0.113. The minimum atomic E-state index is 0.113. The fraction of sp³-hybridized carbons (Fsp3) is 0.412. The van der Waals surface area contributed by atoms with Crippen LogP contribution in [0.4, 0.5) is 0 Å². The van der Waals surface area contributed by atoms with E-state index in [0.717, 1.165) is 29.4 Å². The molecular weight excluding hydrogens is 310 g/mol. The van der Waals surface area contributed by atoms with Crippen molar-refractivity contribution in [2.75, 3.05) is 26.8 Å². The first kappa shape index (κ1) is 16.1. The van der Waals surface area contributed by atoms with Gasteiger partial charge in [0.25, 0.3) is 0 Å². The number of amides is 1. The summed E-state index contributed by atoms with van der Waals surface area (Å²) < 4.78 is 5.39. The summed E-state index contributed by atoms with van der Waals surface area (Å²) in [7, 11) is 1.83. The molecule has 23 heavy (non-hydrogen) atoms. The SMILES string of the molecule is CN(Cc1csc(-c2ccccc2)n1)C(=O)C[C@@H]1COCCN1. The van der Waals surface area contributed by atoms with Gasteiger partial charge in [0.2, 0.25) is 5.91 Å². The zero-order valence-corrected chi connectivity index (χ0v) is 14.0. The molecule has 0 radical (unpaired) electrons. The van der Waals surface area contributed by atoms with Crippen LogP contribution in [0, 0.1) is 0 Å². The van der Waals surface area contributed by atoms with E-state index >= 15 is 0 Å². The predicted molar refractivity (Wildman–Crippen MR) is 91.3 cm³/mol. The third-order valence-corrected chi connectivity index (χ3v) is 4.76. The highest BCUT2D eigenvalue weighted by molar-refractivity contribution is 7.13. The highest BCUT2D eigenvalue weighted by Gasteiger charge is 2.19. The van der Waals surface area contributed by atoms with E-state index in [9.17, 15) is 4.79 Å². The molecule has 1 aliphatic rings. The first-order chi connectivity index (χ1) is 11.2. The maximum atomic E-state index is 12.3. The Hall–Kier alpha value is -1.76. The number of carbonyl (C=O) groups is 1. The molecule has 1 atom stereocenters. The van der Waals surface area contributed by atoms with Gasteiger partial charge in [-0.25, -0.2) is 4.98 Å². The number of morpholine rings is 1. The summed E-state index contributed by atoms with van der Waals surface area (Å²) in [5.41, 5.74) is 2.04. The molecule has 1 aromatic carbocycles. The fourth-order valence-corrected chi connectivity index (χ4v) is 3.36. The zero-order chi connectivity index (χ0) is 16.1. The molecule has 0 aliphatic carbocycles. The summed E-state index contributed by atoms with van der Waals surface area (Å²) >= 11 is 1.61. The van der Waals surface area contributed by atoms with Gasteiger partial charge in [-0.1, -0.05) is 30.3 Å². The van der Waals surface area contributed by atoms with E-state index in [1.807, 2.05) is 42.8 Å². The van der Waals surface area contributed by atoms with Crippen LogP contribution in [-0.4, -0.2) is 48.6 Å². The Labute approximate surface area is 140 Å². The van der Waals surface area contributed by atoms with E-state index in [4.69, 9.17) is 4.74 Å². The van der Waals surface area contributed by atoms with Crippen LogP contribution >= 0.6 is 11.3 Å². The maximum absolute atomic E-state index is 12.3. The third-order valence-electron chi connectivity index (χ3n) is 3.82. The van der Waals surface area contributed by atoms with Crippen molar-refractivity contribution in [3.05, 3.63) is 41.4 Å². The van der Waals surface area contributed by atoms with Crippen LogP contribution in [0.5, 0.6) is 0 Å². The first-order valence-corrected chi connectivity index (χ1v) is 8.65. The van der Waals surface area contributed by atoms with Crippen molar-refractivity contribution in [2.45, 2.75) is 19.0 Å². The van der Waals surface area contributed by atoms with Crippen LogP contribution in [0.3, 0.4) is 0 Å². The van der Waals surface area contributed by atoms with Gasteiger partial charge >= 0.3 is 0 Å². The normalized spacial score (nSPS) is 17.9. The molecular formula is C17H21N3O2S. The van der Waals surface area contributed by atoms with E-state index < -0.39 is 0 Å². The quantitative estimate of drug-likeness (QED) is 0.912. The summed E-state index contributed by atoms with van der Waals surface area (Å²) in [5, 5.41) is 6.32. The molecule has 0 saturated carbocycles. The van der Waals surface area contributed by atoms with E-state index in [1.54, 1.807) is 16.2 Å². The van der Waals surface area contributed by atoms with Gasteiger partial charge < -0.3 is 15.0 Å². The Morgan fingerprint density at radius 3 is 3.00 bits per heavy atom. The lowest BCUT2D eigenvalue weighted by atomic mass is 10.2. The number of benzene rings is 1. The van der Waals surface area contributed by atoms with Crippen molar-refractivity contribution in [1.82, 2.24) is 15.2 Å². The second-order valence-electron chi connectivity index (χ2n) is 5.69. The Morgan fingerprint density at radius 1 is 1.43 bits per heavy atom. The second kappa shape index (κ2) is 7.68. The van der Waals surface area contributed by atoms with Gasteiger partial charge in [-0.05, 0) is 0 Å². The Bertz CT molecular complexity index is 638. The number of hydrogen-bond acceptors (Lipinski definition) is 5. The zero-order valence-electron chi connectivity index (χ0n) is 13.2. The standard InChI is InChI=1S/C17H21N3O2S/c1-20(16(21)9-14-11-22-8-7-18-14)10-15-12-23-17(19-15)13-5-3-2-4-6-13/h2-6,12,14,18H,7-11H2,1H3/t14-/m1/s1. The number of nitrogens with one attached hydrogen (secondary N) is 1. The van der Waals surface area contributed by atoms with E-state index in [1.165, 1.54) is 0 Å². The van der Waals surface area contributed by atoms with E-state index in [-0.39, 0.29) is 11.9 Å². The maximum Gasteiger partial charge on any atom is 0.224 e. The molecule has 1 saturated heterocycles. The average molecular weight is 331 g/mol. The number of carbonyl (C=O) groups excluding carboxylic acids is 1. The Kier molecular flexibility index (Phi) is 5.38. The van der Waals surface area contributed by atoms with Crippen LogP contribution in [0.2, 0.25) is 0 Å². The largest absolute Gasteiger partial charge is 0.378 e. The molecule has 1 aromatic heterocycles. The molecule has 6 heteroatoms. The number of ether oxygens (including phenoxy) is 1. The van der Waals surface area contributed by atoms with Crippen molar-refractivity contribution in [3.63, 3.8) is 0 Å². The van der Waals surface area contributed by atoms with Crippen molar-refractivity contribution in [3.8, 4) is 10.6 Å². The van der Waals surface area contributed by atoms with Crippen molar-refractivity contribution in [2.24, 2.45) is 0 Å². The number of aromatic nitrogens is 1. The lowest BCUT2D eigenvalue weighted by Crippen LogP contribution is -2.44. The minimum Gasteiger partial charge on any atom is -0.378 e. The molecule has 0 spiro atoms. The van der Waals surface area contributed by atoms with Gasteiger partial charge in [-0.2, -0.15) is 0 Å². The number of rotatable bonds is 5. The van der Waals surface area contributed by atoms with Gasteiger partial charge in [-0.3, -0.25) is 4.79 Å². The van der Waals surface area contributed by atoms with Crippen LogP contribution < -0.4 is 5.32 Å². The molecule has 1 N–H and O–H groups in total. The molecule has 1 amide bonds. The topological polar surface area (TPSA) is 54.5 Å². The smallest absolute Gasteiger partial charge is 0.224 e. The summed E-state index contributed by atoms with van der Waals surface area (Å²) in [6, 6.07) is 10.2. The summed E-state index contributed by atoms with van der Waals surface area (Å²) in [5.74, 6) is 0.113. The lowest BCUT2D eigenvalue weighted by Gasteiger charge is -2.25. The van der Waals surface area contributed by atoms with Crippen molar-refractivity contribution in [1.29, 1.82) is 0 Å². The summed E-state index contributed by atoms with van der Waals surface area (Å²) in [6.07, 6.45) is 0.464. The van der Waals surface area contributed by atoms with Gasteiger partial charge in [-0.15, -0.1) is 11.3 Å². The molecule has 2 aromatic rings. The Morgan fingerprint density at radius 2 is 2.26 bits per heavy atom. The highest BCUT2D eigenvalue weighted by Crippen LogP contribution is 2.23. The van der Waals surface area contributed by atoms with Crippen LogP contribution in [0.1, 0.15) is 12.1 Å². The molecule has 1 aliphatic heterocycles. The van der Waals surface area contributed by atoms with Gasteiger partial charge in [0.05, 0.1) is 25.5 Å².